The SMILES string of the molecule is COc1ccc(S(=O)(=O)Nc2sc3c(c2-c2nc(C)no2)CCOC3)cc1F. The van der Waals surface area contributed by atoms with Crippen LogP contribution in [0.4, 0.5) is 9.39 Å². The highest BCUT2D eigenvalue weighted by molar-refractivity contribution is 7.93. The largest absolute Gasteiger partial charge is 0.494 e. The third kappa shape index (κ3) is 3.36. The third-order valence-electron chi connectivity index (χ3n) is 4.22. The van der Waals surface area contributed by atoms with Gasteiger partial charge in [0.1, 0.15) is 5.00 Å². The van der Waals surface area contributed by atoms with E-state index in [1.807, 2.05) is 0 Å². The van der Waals surface area contributed by atoms with Gasteiger partial charge in [-0.1, -0.05) is 5.16 Å². The lowest BCUT2D eigenvalue weighted by molar-refractivity contribution is 0.113. The van der Waals surface area contributed by atoms with Crippen LogP contribution in [0, 0.1) is 12.7 Å². The summed E-state index contributed by atoms with van der Waals surface area (Å²) >= 11 is 1.24. The number of nitrogens with zero attached hydrogens (tertiary/aromatic N) is 2. The average Bonchev–Trinajstić information content (AvgIpc) is 3.23. The number of thiophene rings is 1. The third-order valence-corrected chi connectivity index (χ3v) is 6.82. The van der Waals surface area contributed by atoms with E-state index in [4.69, 9.17) is 14.0 Å². The Labute approximate surface area is 164 Å². The molecule has 0 fully saturated rings. The highest BCUT2D eigenvalue weighted by atomic mass is 32.2. The highest BCUT2D eigenvalue weighted by Crippen LogP contribution is 2.43. The van der Waals surface area contributed by atoms with Gasteiger partial charge in [-0.15, -0.1) is 11.3 Å². The molecular weight excluding hydrogens is 409 g/mol. The quantitative estimate of drug-likeness (QED) is 0.670. The van der Waals surface area contributed by atoms with E-state index in [0.717, 1.165) is 16.5 Å². The Bertz CT molecular complexity index is 1140. The number of sulfonamides is 1. The molecule has 148 valence electrons. The van der Waals surface area contributed by atoms with Gasteiger partial charge in [0.25, 0.3) is 15.9 Å². The monoisotopic (exact) mass is 425 g/mol. The van der Waals surface area contributed by atoms with Crippen LogP contribution in [0.1, 0.15) is 16.3 Å². The van der Waals surface area contributed by atoms with E-state index in [-0.39, 0.29) is 16.5 Å². The van der Waals surface area contributed by atoms with E-state index < -0.39 is 15.8 Å². The summed E-state index contributed by atoms with van der Waals surface area (Å²) in [5.41, 5.74) is 1.46. The van der Waals surface area contributed by atoms with Gasteiger partial charge in [0.05, 0.1) is 30.8 Å². The van der Waals surface area contributed by atoms with Crippen molar-refractivity contribution in [3.8, 4) is 17.2 Å². The van der Waals surface area contributed by atoms with E-state index in [9.17, 15) is 12.8 Å². The van der Waals surface area contributed by atoms with Crippen molar-refractivity contribution in [2.45, 2.75) is 24.8 Å². The first-order valence-electron chi connectivity index (χ1n) is 8.28. The van der Waals surface area contributed by atoms with E-state index in [2.05, 4.69) is 14.9 Å². The molecule has 0 amide bonds. The van der Waals surface area contributed by atoms with E-state index in [0.29, 0.717) is 36.0 Å². The number of hydrogen-bond acceptors (Lipinski definition) is 8. The Hall–Kier alpha value is -2.50. The van der Waals surface area contributed by atoms with Gasteiger partial charge in [-0.3, -0.25) is 4.72 Å². The molecule has 2 aromatic heterocycles. The number of fused-ring (bicyclic) bond motifs is 1. The summed E-state index contributed by atoms with van der Waals surface area (Å²) in [6, 6.07) is 3.45. The first kappa shape index (κ1) is 18.8. The molecule has 0 bridgehead atoms. The zero-order valence-electron chi connectivity index (χ0n) is 15.0. The van der Waals surface area contributed by atoms with Crippen molar-refractivity contribution in [2.75, 3.05) is 18.4 Å². The van der Waals surface area contributed by atoms with Gasteiger partial charge >= 0.3 is 0 Å². The molecule has 1 aromatic carbocycles. The van der Waals surface area contributed by atoms with Crippen molar-refractivity contribution in [1.29, 1.82) is 0 Å². The van der Waals surface area contributed by atoms with E-state index >= 15 is 0 Å². The number of hydrogen-bond donors (Lipinski definition) is 1. The van der Waals surface area contributed by atoms with Gasteiger partial charge in [0.2, 0.25) is 0 Å². The number of aryl methyl sites for hydroxylation is 1. The van der Waals surface area contributed by atoms with Crippen LogP contribution in [-0.2, 0) is 27.8 Å². The summed E-state index contributed by atoms with van der Waals surface area (Å²) in [7, 11) is -2.74. The first-order valence-corrected chi connectivity index (χ1v) is 10.6. The highest BCUT2D eigenvalue weighted by Gasteiger charge is 2.28. The van der Waals surface area contributed by atoms with E-state index in [1.165, 1.54) is 30.6 Å². The molecule has 3 heterocycles. The van der Waals surface area contributed by atoms with Crippen molar-refractivity contribution in [3.63, 3.8) is 0 Å². The van der Waals surface area contributed by atoms with Gasteiger partial charge in [0, 0.05) is 4.88 Å². The second-order valence-electron chi connectivity index (χ2n) is 6.06. The number of halogens is 1. The van der Waals surface area contributed by atoms with Crippen LogP contribution in [0.3, 0.4) is 0 Å². The molecule has 1 aliphatic heterocycles. The Morgan fingerprint density at radius 3 is 2.86 bits per heavy atom. The zero-order chi connectivity index (χ0) is 19.9. The molecule has 4 rings (SSSR count). The van der Waals surface area contributed by atoms with Crippen molar-refractivity contribution in [1.82, 2.24) is 10.1 Å². The minimum absolute atomic E-state index is 0.0373. The Morgan fingerprint density at radius 1 is 1.36 bits per heavy atom. The summed E-state index contributed by atoms with van der Waals surface area (Å²) in [6.07, 6.45) is 0.599. The summed E-state index contributed by atoms with van der Waals surface area (Å²) in [5, 5.41) is 4.12. The van der Waals surface area contributed by atoms with Crippen LogP contribution in [0.25, 0.3) is 11.5 Å². The first-order chi connectivity index (χ1) is 13.4. The number of benzene rings is 1. The number of aromatic nitrogens is 2. The minimum atomic E-state index is -4.05. The smallest absolute Gasteiger partial charge is 0.262 e. The lowest BCUT2D eigenvalue weighted by atomic mass is 10.1. The normalized spacial score (nSPS) is 14.0. The number of nitrogens with one attached hydrogen (secondary N) is 1. The van der Waals surface area contributed by atoms with Crippen LogP contribution < -0.4 is 9.46 Å². The van der Waals surface area contributed by atoms with Gasteiger partial charge in [-0.25, -0.2) is 12.8 Å². The van der Waals surface area contributed by atoms with Gasteiger partial charge < -0.3 is 14.0 Å². The lowest BCUT2D eigenvalue weighted by Gasteiger charge is -2.12. The van der Waals surface area contributed by atoms with Crippen molar-refractivity contribution >= 4 is 26.4 Å². The molecule has 11 heteroatoms. The molecule has 28 heavy (non-hydrogen) atoms. The molecular formula is C17H16FN3O5S2. The summed E-state index contributed by atoms with van der Waals surface area (Å²) < 4.78 is 57.8. The molecule has 0 saturated carbocycles. The predicted octanol–water partition coefficient (Wildman–Crippen LogP) is 3.13. The zero-order valence-corrected chi connectivity index (χ0v) is 16.6. The number of anilines is 1. The van der Waals surface area contributed by atoms with Crippen molar-refractivity contribution in [3.05, 3.63) is 40.3 Å². The standard InChI is InChI=1S/C17H16FN3O5S2/c1-9-19-16(26-20-9)15-11-5-6-25-8-14(11)27-17(15)21-28(22,23)10-3-4-13(24-2)12(18)7-10/h3-4,7,21H,5-6,8H2,1-2H3. The van der Waals surface area contributed by atoms with Gasteiger partial charge in [0.15, 0.2) is 17.4 Å². The molecule has 8 nitrogen and oxygen atoms in total. The molecule has 1 aliphatic rings. The summed E-state index contributed by atoms with van der Waals surface area (Å²) in [6.45, 7) is 2.57. The molecule has 0 aliphatic carbocycles. The second kappa shape index (κ2) is 7.15. The molecule has 0 spiro atoms. The second-order valence-corrected chi connectivity index (χ2v) is 8.85. The van der Waals surface area contributed by atoms with Gasteiger partial charge in [-0.2, -0.15) is 4.98 Å². The maximum absolute atomic E-state index is 14.0. The summed E-state index contributed by atoms with van der Waals surface area (Å²) in [4.78, 5) is 4.90. The van der Waals surface area contributed by atoms with Crippen LogP contribution >= 0.6 is 11.3 Å². The molecule has 3 aromatic rings. The van der Waals surface area contributed by atoms with Crippen LogP contribution in [0.5, 0.6) is 5.75 Å². The Morgan fingerprint density at radius 2 is 2.18 bits per heavy atom. The Kier molecular flexibility index (Phi) is 4.81. The molecule has 0 unspecified atom stereocenters. The topological polar surface area (TPSA) is 104 Å². The van der Waals surface area contributed by atoms with Crippen molar-refractivity contribution in [2.24, 2.45) is 0 Å². The number of methoxy groups -OCH3 is 1. The number of ether oxygens (including phenoxy) is 2. The molecule has 1 N–H and O–H groups in total. The Balaban J connectivity index is 1.77. The maximum Gasteiger partial charge on any atom is 0.262 e. The summed E-state index contributed by atoms with van der Waals surface area (Å²) in [5.74, 6) is -0.134. The van der Waals surface area contributed by atoms with Crippen LogP contribution in [0.15, 0.2) is 27.6 Å². The van der Waals surface area contributed by atoms with Crippen LogP contribution in [-0.4, -0.2) is 32.3 Å². The number of rotatable bonds is 5. The fraction of sp³-hybridized carbons (Fsp3) is 0.294. The minimum Gasteiger partial charge on any atom is -0.494 e. The molecule has 0 atom stereocenters. The fourth-order valence-electron chi connectivity index (χ4n) is 2.92. The molecule has 0 radical (unpaired) electrons. The van der Waals surface area contributed by atoms with E-state index in [1.54, 1.807) is 6.92 Å². The predicted molar refractivity (Wildman–Crippen MR) is 99.5 cm³/mol. The fourth-order valence-corrected chi connectivity index (χ4v) is 5.42. The van der Waals surface area contributed by atoms with Crippen LogP contribution in [0.2, 0.25) is 0 Å². The molecule has 0 saturated heterocycles. The van der Waals surface area contributed by atoms with Gasteiger partial charge in [-0.05, 0) is 37.1 Å². The lowest BCUT2D eigenvalue weighted by Crippen LogP contribution is -2.13. The maximum atomic E-state index is 14.0. The average molecular weight is 425 g/mol. The van der Waals surface area contributed by atoms with Crippen molar-refractivity contribution < 1.29 is 26.8 Å².